The molecule has 158 valence electrons. The summed E-state index contributed by atoms with van der Waals surface area (Å²) in [5, 5.41) is 7.71. The summed E-state index contributed by atoms with van der Waals surface area (Å²) in [6, 6.07) is 11.0. The topological polar surface area (TPSA) is 107 Å². The van der Waals surface area contributed by atoms with E-state index in [1.54, 1.807) is 41.1 Å². The van der Waals surface area contributed by atoms with E-state index in [0.717, 1.165) is 0 Å². The van der Waals surface area contributed by atoms with Gasteiger partial charge in [-0.3, -0.25) is 9.00 Å². The molecule has 0 saturated heterocycles. The highest BCUT2D eigenvalue weighted by Gasteiger charge is 2.40. The molecule has 0 fully saturated rings. The second kappa shape index (κ2) is 8.55. The SMILES string of the molecule is CCC(C(C)=O)(c1ccc(Cl)cc1)n1ncc2c(N(C(=O)NC)S(=O)[O-])cccc21. The molecule has 0 aliphatic rings. The lowest BCUT2D eigenvalue weighted by Crippen LogP contribution is -2.42. The number of hydrogen-bond acceptors (Lipinski definition) is 5. The molecule has 0 radical (unpaired) electrons. The lowest BCUT2D eigenvalue weighted by Gasteiger charge is -2.32. The van der Waals surface area contributed by atoms with Crippen LogP contribution in [0.3, 0.4) is 0 Å². The number of anilines is 1. The number of hydrogen-bond donors (Lipinski definition) is 1. The highest BCUT2D eigenvalue weighted by molar-refractivity contribution is 7.81. The molecule has 8 nitrogen and oxygen atoms in total. The van der Waals surface area contributed by atoms with Gasteiger partial charge < -0.3 is 9.87 Å². The molecule has 2 aromatic carbocycles. The highest BCUT2D eigenvalue weighted by atomic mass is 35.5. The van der Waals surface area contributed by atoms with E-state index in [2.05, 4.69) is 10.4 Å². The molecular formula is C20H20ClN4O4S-. The van der Waals surface area contributed by atoms with Crippen molar-refractivity contribution in [2.24, 2.45) is 0 Å². The van der Waals surface area contributed by atoms with Crippen molar-refractivity contribution in [3.05, 3.63) is 59.2 Å². The summed E-state index contributed by atoms with van der Waals surface area (Å²) < 4.78 is 25.7. The zero-order valence-electron chi connectivity index (χ0n) is 16.6. The average Bonchev–Trinajstić information content (AvgIpc) is 3.15. The van der Waals surface area contributed by atoms with Crippen molar-refractivity contribution in [1.29, 1.82) is 0 Å². The molecule has 2 amide bonds. The Hall–Kier alpha value is -2.75. The van der Waals surface area contributed by atoms with Gasteiger partial charge in [0.25, 0.3) is 0 Å². The van der Waals surface area contributed by atoms with Gasteiger partial charge in [-0.2, -0.15) is 5.10 Å². The minimum atomic E-state index is -2.85. The van der Waals surface area contributed by atoms with E-state index in [0.29, 0.717) is 32.2 Å². The zero-order chi connectivity index (χ0) is 22.1. The van der Waals surface area contributed by atoms with Gasteiger partial charge in [0.15, 0.2) is 5.78 Å². The van der Waals surface area contributed by atoms with Gasteiger partial charge in [0, 0.05) is 17.5 Å². The number of rotatable bonds is 6. The third-order valence-corrected chi connectivity index (χ3v) is 6.05. The van der Waals surface area contributed by atoms with Crippen molar-refractivity contribution in [1.82, 2.24) is 15.1 Å². The largest absolute Gasteiger partial charge is 0.755 e. The van der Waals surface area contributed by atoms with Gasteiger partial charge in [-0.15, -0.1) is 0 Å². The van der Waals surface area contributed by atoms with Crippen molar-refractivity contribution >= 4 is 51.3 Å². The molecular weight excluding hydrogens is 428 g/mol. The van der Waals surface area contributed by atoms with Gasteiger partial charge in [0.2, 0.25) is 0 Å². The molecule has 1 aromatic heterocycles. The Kier molecular flexibility index (Phi) is 6.25. The first kappa shape index (κ1) is 21.9. The van der Waals surface area contributed by atoms with E-state index in [4.69, 9.17) is 11.6 Å². The molecule has 0 aliphatic carbocycles. The lowest BCUT2D eigenvalue weighted by atomic mass is 9.83. The second-order valence-electron chi connectivity index (χ2n) is 6.61. The van der Waals surface area contributed by atoms with Gasteiger partial charge in [-0.25, -0.2) is 13.8 Å². The van der Waals surface area contributed by atoms with Crippen LogP contribution in [0.5, 0.6) is 0 Å². The maximum absolute atomic E-state index is 12.9. The first-order chi connectivity index (χ1) is 14.3. The fraction of sp³-hybridized carbons (Fsp3) is 0.250. The highest BCUT2D eigenvalue weighted by Crippen LogP contribution is 2.37. The van der Waals surface area contributed by atoms with E-state index < -0.39 is 22.8 Å². The molecule has 1 heterocycles. The predicted octanol–water partition coefficient (Wildman–Crippen LogP) is 3.37. The fourth-order valence-electron chi connectivity index (χ4n) is 3.68. The van der Waals surface area contributed by atoms with Gasteiger partial charge in [-0.1, -0.05) is 36.7 Å². The summed E-state index contributed by atoms with van der Waals surface area (Å²) in [7, 11) is 1.34. The van der Waals surface area contributed by atoms with Crippen molar-refractivity contribution in [3.8, 4) is 0 Å². The Morgan fingerprint density at radius 3 is 2.47 bits per heavy atom. The van der Waals surface area contributed by atoms with E-state index in [9.17, 15) is 18.4 Å². The zero-order valence-corrected chi connectivity index (χ0v) is 18.2. The van der Waals surface area contributed by atoms with Crippen molar-refractivity contribution < 1.29 is 18.4 Å². The van der Waals surface area contributed by atoms with Gasteiger partial charge >= 0.3 is 6.03 Å². The molecule has 1 N–H and O–H groups in total. The molecule has 10 heteroatoms. The van der Waals surface area contributed by atoms with E-state index in [1.807, 2.05) is 6.92 Å². The van der Waals surface area contributed by atoms with Crippen LogP contribution in [-0.2, 0) is 21.6 Å². The monoisotopic (exact) mass is 447 g/mol. The number of fused-ring (bicyclic) bond motifs is 1. The number of amides is 2. The van der Waals surface area contributed by atoms with Crippen molar-refractivity contribution in [3.63, 3.8) is 0 Å². The molecule has 0 aliphatic heterocycles. The third-order valence-electron chi connectivity index (χ3n) is 5.13. The Labute approximate surface area is 181 Å². The number of urea groups is 1. The molecule has 0 spiro atoms. The number of benzene rings is 2. The van der Waals surface area contributed by atoms with E-state index >= 15 is 0 Å². The van der Waals surface area contributed by atoms with Crippen molar-refractivity contribution in [2.45, 2.75) is 25.8 Å². The summed E-state index contributed by atoms with van der Waals surface area (Å²) >= 11 is 3.18. The molecule has 3 rings (SSSR count). The molecule has 0 bridgehead atoms. The van der Waals surface area contributed by atoms with Crippen LogP contribution in [0.4, 0.5) is 10.5 Å². The van der Waals surface area contributed by atoms with Crippen LogP contribution in [0.2, 0.25) is 5.02 Å². The number of ketones is 1. The second-order valence-corrected chi connectivity index (χ2v) is 7.85. The van der Waals surface area contributed by atoms with Crippen LogP contribution < -0.4 is 9.62 Å². The van der Waals surface area contributed by atoms with E-state index in [1.165, 1.54) is 26.2 Å². The average molecular weight is 448 g/mol. The van der Waals surface area contributed by atoms with Gasteiger partial charge in [0.1, 0.15) is 5.54 Å². The van der Waals surface area contributed by atoms with E-state index in [-0.39, 0.29) is 11.5 Å². The smallest absolute Gasteiger partial charge is 0.332 e. The first-order valence-corrected chi connectivity index (χ1v) is 10.5. The molecule has 3 aromatic rings. The summed E-state index contributed by atoms with van der Waals surface area (Å²) in [5.74, 6) is -0.140. The Morgan fingerprint density at radius 2 is 1.93 bits per heavy atom. The number of carbonyl (C=O) groups excluding carboxylic acids is 2. The summed E-state index contributed by atoms with van der Waals surface area (Å²) in [5.41, 5.74) is 0.224. The molecule has 2 unspecified atom stereocenters. The standard InChI is InChI=1S/C20H21ClN4O4S/c1-4-20(13(2)26,14-8-10-15(21)11-9-14)25-18-7-5-6-17(16(18)12-23-25)24(30(28)29)19(27)22-3/h5-12H,4H2,1-3H3,(H,22,27)(H,28,29)/p-1. The predicted molar refractivity (Wildman–Crippen MR) is 115 cm³/mol. The lowest BCUT2D eigenvalue weighted by molar-refractivity contribution is -0.124. The van der Waals surface area contributed by atoms with Gasteiger partial charge in [0.05, 0.1) is 28.7 Å². The van der Waals surface area contributed by atoms with Crippen LogP contribution in [0.25, 0.3) is 10.9 Å². The minimum Gasteiger partial charge on any atom is -0.755 e. The Morgan fingerprint density at radius 1 is 1.27 bits per heavy atom. The maximum Gasteiger partial charge on any atom is 0.332 e. The summed E-state index contributed by atoms with van der Waals surface area (Å²) in [6.45, 7) is 3.36. The summed E-state index contributed by atoms with van der Waals surface area (Å²) in [6.07, 6.45) is 1.86. The van der Waals surface area contributed by atoms with Crippen LogP contribution in [0.15, 0.2) is 48.7 Å². The van der Waals surface area contributed by atoms with Crippen LogP contribution in [0.1, 0.15) is 25.8 Å². The first-order valence-electron chi connectivity index (χ1n) is 9.13. The minimum absolute atomic E-state index is 0.135. The number of nitrogens with one attached hydrogen (secondary N) is 1. The number of halogens is 1. The van der Waals surface area contributed by atoms with Gasteiger partial charge in [-0.05, 0) is 43.2 Å². The summed E-state index contributed by atoms with van der Waals surface area (Å²) in [4.78, 5) is 25.1. The normalized spacial score (nSPS) is 14.2. The Bertz CT molecular complexity index is 1130. The number of carbonyl (C=O) groups is 2. The van der Waals surface area contributed by atoms with Crippen molar-refractivity contribution in [2.75, 3.05) is 11.4 Å². The van der Waals surface area contributed by atoms with Crippen LogP contribution >= 0.6 is 11.6 Å². The quantitative estimate of drug-likeness (QED) is 0.583. The number of aromatic nitrogens is 2. The Balaban J connectivity index is 2.30. The molecule has 2 atom stereocenters. The van der Waals surface area contributed by atoms with Crippen LogP contribution in [-0.4, -0.2) is 37.4 Å². The molecule has 30 heavy (non-hydrogen) atoms. The third kappa shape index (κ3) is 3.49. The maximum atomic E-state index is 12.9. The number of Topliss-reactive ketones (excluding diaryl/α,β-unsaturated/α-hetero) is 1. The van der Waals surface area contributed by atoms with Crippen LogP contribution in [0, 0.1) is 0 Å². The molecule has 0 saturated carbocycles. The fourth-order valence-corrected chi connectivity index (χ4v) is 4.35. The number of nitrogens with zero attached hydrogens (tertiary/aromatic N) is 3.